The van der Waals surface area contributed by atoms with Gasteiger partial charge in [0.25, 0.3) is 5.56 Å². The average Bonchev–Trinajstić information content (AvgIpc) is 3.08. The van der Waals surface area contributed by atoms with Crippen molar-refractivity contribution in [3.05, 3.63) is 177 Å². The summed E-state index contributed by atoms with van der Waals surface area (Å²) in [5.41, 5.74) is 3.31. The number of benzene rings is 4. The first-order valence-corrected chi connectivity index (χ1v) is 15.2. The number of rotatable bonds is 8. The van der Waals surface area contributed by atoms with E-state index >= 15 is 0 Å². The fraction of sp³-hybridized carbons (Fsp3) is 0.118. The van der Waals surface area contributed by atoms with Gasteiger partial charge in [0.15, 0.2) is 4.60 Å². The fourth-order valence-corrected chi connectivity index (χ4v) is 4.92. The Balaban J connectivity index is 0.000000181. The van der Waals surface area contributed by atoms with Gasteiger partial charge in [-0.3, -0.25) is 29.5 Å². The second kappa shape index (κ2) is 14.9. The van der Waals surface area contributed by atoms with Crippen LogP contribution in [0.5, 0.6) is 0 Å². The van der Waals surface area contributed by atoms with Crippen LogP contribution in [0.15, 0.2) is 138 Å². The maximum Gasteiger partial charge on any atom is 0.344 e. The van der Waals surface area contributed by atoms with E-state index in [0.29, 0.717) is 19.4 Å². The molecule has 0 radical (unpaired) electrons. The van der Waals surface area contributed by atoms with Gasteiger partial charge in [0, 0.05) is 6.54 Å². The van der Waals surface area contributed by atoms with E-state index in [2.05, 4.69) is 55.4 Å². The van der Waals surface area contributed by atoms with E-state index in [4.69, 9.17) is 0 Å². The molecule has 0 fully saturated rings. The largest absolute Gasteiger partial charge is 0.344 e. The van der Waals surface area contributed by atoms with E-state index in [1.165, 1.54) is 10.2 Å². The molecule has 46 heavy (non-hydrogen) atoms. The van der Waals surface area contributed by atoms with Crippen molar-refractivity contribution >= 4 is 15.9 Å². The third kappa shape index (κ3) is 8.30. The Morgan fingerprint density at radius 3 is 1.50 bits per heavy atom. The molecule has 6 aromatic rings. The normalized spacial score (nSPS) is 10.6. The molecule has 0 spiro atoms. The summed E-state index contributed by atoms with van der Waals surface area (Å²) in [4.78, 5) is 61.0. The Bertz CT molecular complexity index is 2200. The summed E-state index contributed by atoms with van der Waals surface area (Å²) >= 11 is 3.03. The Morgan fingerprint density at radius 2 is 0.978 bits per heavy atom. The van der Waals surface area contributed by atoms with Crippen LogP contribution < -0.4 is 28.1 Å². The number of aromatic nitrogens is 6. The van der Waals surface area contributed by atoms with Crippen LogP contribution in [0.2, 0.25) is 0 Å². The van der Waals surface area contributed by atoms with E-state index in [0.717, 1.165) is 32.5 Å². The molecule has 0 unspecified atom stereocenters. The number of H-pyrrole nitrogens is 3. The van der Waals surface area contributed by atoms with Crippen molar-refractivity contribution in [2.24, 2.45) is 0 Å². The molecule has 12 heteroatoms. The zero-order valence-corrected chi connectivity index (χ0v) is 26.1. The average molecular weight is 682 g/mol. The minimum atomic E-state index is -0.932. The van der Waals surface area contributed by atoms with Gasteiger partial charge < -0.3 is 0 Å². The quantitative estimate of drug-likeness (QED) is 0.208. The minimum absolute atomic E-state index is 0.108. The Labute approximate surface area is 270 Å². The van der Waals surface area contributed by atoms with Gasteiger partial charge in [0.2, 0.25) is 0 Å². The van der Waals surface area contributed by atoms with Crippen LogP contribution in [-0.4, -0.2) is 29.5 Å². The molecule has 4 aromatic carbocycles. The van der Waals surface area contributed by atoms with E-state index in [1.54, 1.807) is 0 Å². The smallest absolute Gasteiger partial charge is 0.270 e. The molecule has 0 saturated carbocycles. The van der Waals surface area contributed by atoms with Crippen LogP contribution in [0.4, 0.5) is 0 Å². The lowest BCUT2D eigenvalue weighted by atomic mass is 10.0. The highest BCUT2D eigenvalue weighted by atomic mass is 79.9. The lowest BCUT2D eigenvalue weighted by Gasteiger charge is -2.06. The number of hydrogen-bond acceptors (Lipinski definition) is 6. The number of aromatic amines is 3. The second-order valence-electron chi connectivity index (χ2n) is 10.3. The minimum Gasteiger partial charge on any atom is -0.270 e. The third-order valence-corrected chi connectivity index (χ3v) is 7.64. The highest BCUT2D eigenvalue weighted by molar-refractivity contribution is 9.10. The lowest BCUT2D eigenvalue weighted by molar-refractivity contribution is 0.545. The van der Waals surface area contributed by atoms with Gasteiger partial charge in [-0.2, -0.15) is 5.10 Å². The highest BCUT2D eigenvalue weighted by Crippen LogP contribution is 2.20. The molecule has 2 aromatic heterocycles. The molecule has 232 valence electrons. The van der Waals surface area contributed by atoms with Crippen LogP contribution in [0.1, 0.15) is 11.1 Å². The van der Waals surface area contributed by atoms with Crippen molar-refractivity contribution in [1.29, 1.82) is 0 Å². The molecule has 3 N–H and O–H groups in total. The molecular formula is C34H29BrN6O5. The number of nitrogens with one attached hydrogen (secondary N) is 3. The maximum atomic E-state index is 11.7. The van der Waals surface area contributed by atoms with Crippen molar-refractivity contribution in [3.63, 3.8) is 0 Å². The molecule has 0 aliphatic heterocycles. The maximum absolute atomic E-state index is 11.7. The molecule has 0 bridgehead atoms. The monoisotopic (exact) mass is 680 g/mol. The number of halogens is 1. The summed E-state index contributed by atoms with van der Waals surface area (Å²) in [7, 11) is 0. The van der Waals surface area contributed by atoms with Gasteiger partial charge in [-0.15, -0.1) is 0 Å². The predicted molar refractivity (Wildman–Crippen MR) is 180 cm³/mol. The van der Waals surface area contributed by atoms with Gasteiger partial charge in [-0.25, -0.2) is 19.0 Å². The molecule has 0 atom stereocenters. The van der Waals surface area contributed by atoms with Gasteiger partial charge in [0.1, 0.15) is 0 Å². The van der Waals surface area contributed by atoms with Gasteiger partial charge in [0.05, 0.1) is 6.54 Å². The number of hydrogen-bond donors (Lipinski definition) is 3. The molecule has 0 aliphatic rings. The zero-order chi connectivity index (χ0) is 32.5. The zero-order valence-electron chi connectivity index (χ0n) is 24.5. The van der Waals surface area contributed by atoms with E-state index < -0.39 is 28.1 Å². The van der Waals surface area contributed by atoms with Gasteiger partial charge >= 0.3 is 22.5 Å². The second-order valence-corrected chi connectivity index (χ2v) is 11.0. The van der Waals surface area contributed by atoms with Crippen LogP contribution >= 0.6 is 15.9 Å². The number of nitrogens with zero attached hydrogens (tertiary/aromatic N) is 3. The first kappa shape index (κ1) is 31.8. The molecule has 0 saturated heterocycles. The Morgan fingerprint density at radius 1 is 0.522 bits per heavy atom. The first-order chi connectivity index (χ1) is 22.3. The predicted octanol–water partition coefficient (Wildman–Crippen LogP) is 3.74. The van der Waals surface area contributed by atoms with Crippen LogP contribution in [0.3, 0.4) is 0 Å². The van der Waals surface area contributed by atoms with Crippen molar-refractivity contribution in [2.45, 2.75) is 25.9 Å². The molecule has 11 nitrogen and oxygen atoms in total. The highest BCUT2D eigenvalue weighted by Gasteiger charge is 2.05. The van der Waals surface area contributed by atoms with Crippen LogP contribution in [0.25, 0.3) is 22.3 Å². The van der Waals surface area contributed by atoms with Crippen LogP contribution in [-0.2, 0) is 25.9 Å². The Hall–Kier alpha value is -5.62. The van der Waals surface area contributed by atoms with Crippen molar-refractivity contribution in [2.75, 3.05) is 0 Å². The van der Waals surface area contributed by atoms with E-state index in [1.807, 2.05) is 89.9 Å². The third-order valence-electron chi connectivity index (χ3n) is 7.12. The van der Waals surface area contributed by atoms with Crippen molar-refractivity contribution in [1.82, 2.24) is 29.5 Å². The standard InChI is InChI=1S/C17H14BrN3O2.C17H15N3O3/c18-15-16(22)19-17(23)21(20-15)11-10-12-6-8-14(9-7-12)13-4-2-1-3-5-13;21-15-16(22)19-20(17(23)18-15)11-10-12-6-8-14(9-7-12)13-4-2-1-3-5-13/h1-9H,10-11H2,(H,19,22,23);1-9H,10-11H2,(H,19,22)(H,18,21,23). The fourth-order valence-electron chi connectivity index (χ4n) is 4.63. The lowest BCUT2D eigenvalue weighted by Crippen LogP contribution is -2.43. The summed E-state index contributed by atoms with van der Waals surface area (Å²) < 4.78 is 2.46. The summed E-state index contributed by atoms with van der Waals surface area (Å²) in [5.74, 6) is 0. The molecule has 2 heterocycles. The summed E-state index contributed by atoms with van der Waals surface area (Å²) in [6.07, 6.45) is 1.22. The van der Waals surface area contributed by atoms with Gasteiger partial charge in [-0.1, -0.05) is 109 Å². The first-order valence-electron chi connectivity index (χ1n) is 14.4. The van der Waals surface area contributed by atoms with Crippen LogP contribution in [0, 0.1) is 0 Å². The SMILES string of the molecule is O=c1[nH]c(=O)n(CCc2ccc(-c3ccccc3)cc2)[nH]c1=O.O=c1[nH]c(=O)n(CCc2ccc(-c3ccccc3)cc2)nc1Br. The Kier molecular flexibility index (Phi) is 10.3. The molecule has 0 aliphatic carbocycles. The summed E-state index contributed by atoms with van der Waals surface area (Å²) in [6.45, 7) is 0.689. The molecule has 0 amide bonds. The summed E-state index contributed by atoms with van der Waals surface area (Å²) in [5, 5.41) is 6.19. The van der Waals surface area contributed by atoms with Crippen molar-refractivity contribution < 1.29 is 0 Å². The van der Waals surface area contributed by atoms with Crippen molar-refractivity contribution in [3.8, 4) is 22.3 Å². The van der Waals surface area contributed by atoms with E-state index in [-0.39, 0.29) is 11.1 Å². The topological polar surface area (TPSA) is 155 Å². The summed E-state index contributed by atoms with van der Waals surface area (Å²) in [6, 6.07) is 36.4. The molecule has 6 rings (SSSR count). The number of aryl methyl sites for hydroxylation is 4. The molecular weight excluding hydrogens is 652 g/mol. The van der Waals surface area contributed by atoms with Gasteiger partial charge in [-0.05, 0) is 62.2 Å². The van der Waals surface area contributed by atoms with E-state index in [9.17, 15) is 24.0 Å².